The fraction of sp³-hybridized carbons (Fsp3) is 0.147. The summed E-state index contributed by atoms with van der Waals surface area (Å²) in [4.78, 5) is 50.5. The number of hydrogen-bond acceptors (Lipinski definition) is 6. The number of imidazole rings is 2. The second-order valence-electron chi connectivity index (χ2n) is 10.6. The lowest BCUT2D eigenvalue weighted by Gasteiger charge is -2.08. The van der Waals surface area contributed by atoms with E-state index in [4.69, 9.17) is 0 Å². The number of carbonyl (C=O) groups is 3. The van der Waals surface area contributed by atoms with Gasteiger partial charge in [-0.1, -0.05) is 54.6 Å². The number of rotatable bonds is 11. The molecule has 3 N–H and O–H groups in total. The van der Waals surface area contributed by atoms with Gasteiger partial charge in [0.25, 0.3) is 0 Å². The molecule has 2 aromatic heterocycles. The molecule has 0 fully saturated rings. The van der Waals surface area contributed by atoms with E-state index in [1.54, 1.807) is 13.1 Å². The Morgan fingerprint density at radius 3 is 2.13 bits per heavy atom. The van der Waals surface area contributed by atoms with Gasteiger partial charge in [-0.05, 0) is 76.2 Å². The van der Waals surface area contributed by atoms with Gasteiger partial charge in [0.2, 0.25) is 0 Å². The topological polar surface area (TPSA) is 130 Å². The van der Waals surface area contributed by atoms with Crippen LogP contribution >= 0.6 is 17.2 Å². The largest absolute Gasteiger partial charge is 0.453 e. The highest BCUT2D eigenvalue weighted by molar-refractivity contribution is 7.65. The molecule has 0 radical (unpaired) electrons. The Labute approximate surface area is 263 Å². The fourth-order valence-electron chi connectivity index (χ4n) is 5.10. The number of nitrogens with one attached hydrogen (secondary N) is 3. The SMILES string of the molecule is COC(=O)NCCCC(=O)Pc1nc2ccc(-c3ccc4cc(-c5ccc(-c6cnc(PC(C)=O)[nH]6)cc5)ccc4c3)cc2[nH]1. The first kappa shape index (κ1) is 30.3. The molecule has 0 saturated heterocycles. The van der Waals surface area contributed by atoms with Gasteiger partial charge in [-0.2, -0.15) is 0 Å². The highest BCUT2D eigenvalue weighted by atomic mass is 31.1. The highest BCUT2D eigenvalue weighted by Gasteiger charge is 2.11. The molecule has 2 heterocycles. The van der Waals surface area contributed by atoms with Crippen LogP contribution in [0.25, 0.3) is 55.3 Å². The van der Waals surface area contributed by atoms with Gasteiger partial charge >= 0.3 is 6.09 Å². The molecule has 226 valence electrons. The Morgan fingerprint density at radius 2 is 1.42 bits per heavy atom. The third-order valence-electron chi connectivity index (χ3n) is 7.35. The molecule has 6 aromatic rings. The van der Waals surface area contributed by atoms with Crippen molar-refractivity contribution in [3.63, 3.8) is 0 Å². The molecular formula is C34H31N5O4P2. The van der Waals surface area contributed by atoms with Crippen molar-refractivity contribution in [1.82, 2.24) is 25.3 Å². The molecule has 6 rings (SSSR count). The maximum Gasteiger partial charge on any atom is 0.406 e. The average Bonchev–Trinajstić information content (AvgIpc) is 3.68. The van der Waals surface area contributed by atoms with Crippen molar-refractivity contribution in [2.75, 3.05) is 13.7 Å². The number of amides is 1. The van der Waals surface area contributed by atoms with Crippen LogP contribution in [-0.4, -0.2) is 50.7 Å². The summed E-state index contributed by atoms with van der Waals surface area (Å²) >= 11 is 0. The van der Waals surface area contributed by atoms with Gasteiger partial charge in [-0.3, -0.25) is 9.59 Å². The summed E-state index contributed by atoms with van der Waals surface area (Å²) in [6, 6.07) is 27.4. The van der Waals surface area contributed by atoms with Gasteiger partial charge in [-0.25, -0.2) is 14.8 Å². The minimum Gasteiger partial charge on any atom is -0.453 e. The zero-order chi connectivity index (χ0) is 31.3. The van der Waals surface area contributed by atoms with Crippen LogP contribution in [-0.2, 0) is 14.3 Å². The van der Waals surface area contributed by atoms with Crippen LogP contribution in [0.15, 0.2) is 85.1 Å². The zero-order valence-corrected chi connectivity index (χ0v) is 26.7. The first-order valence-corrected chi connectivity index (χ1v) is 16.4. The van der Waals surface area contributed by atoms with E-state index in [1.807, 2.05) is 6.07 Å². The number of aromatic amines is 2. The number of hydrogen-bond donors (Lipinski definition) is 3. The summed E-state index contributed by atoms with van der Waals surface area (Å²) in [7, 11) is 1.29. The molecule has 0 aliphatic heterocycles. The summed E-state index contributed by atoms with van der Waals surface area (Å²) in [5, 5.41) is 4.87. The lowest BCUT2D eigenvalue weighted by molar-refractivity contribution is -0.111. The van der Waals surface area contributed by atoms with Crippen molar-refractivity contribution >= 4 is 67.2 Å². The molecule has 0 aliphatic carbocycles. The summed E-state index contributed by atoms with van der Waals surface area (Å²) < 4.78 is 4.54. The van der Waals surface area contributed by atoms with Crippen LogP contribution < -0.4 is 16.4 Å². The minimum absolute atomic E-state index is 0.0434. The van der Waals surface area contributed by atoms with Crippen molar-refractivity contribution in [3.05, 3.63) is 85.1 Å². The van der Waals surface area contributed by atoms with E-state index in [2.05, 4.69) is 103 Å². The molecule has 0 aliphatic rings. The Kier molecular flexibility index (Phi) is 9.11. The molecular weight excluding hydrogens is 604 g/mol. The molecule has 0 spiro atoms. The van der Waals surface area contributed by atoms with Gasteiger partial charge in [0, 0.05) is 30.1 Å². The average molecular weight is 636 g/mol. The number of H-pyrrole nitrogens is 2. The molecule has 11 heteroatoms. The second-order valence-corrected chi connectivity index (χ2v) is 13.3. The smallest absolute Gasteiger partial charge is 0.406 e. The zero-order valence-electron chi connectivity index (χ0n) is 24.7. The van der Waals surface area contributed by atoms with Crippen LogP contribution in [0.2, 0.25) is 0 Å². The number of aromatic nitrogens is 4. The van der Waals surface area contributed by atoms with E-state index >= 15 is 0 Å². The molecule has 0 saturated carbocycles. The molecule has 2 unspecified atom stereocenters. The van der Waals surface area contributed by atoms with Crippen LogP contribution in [0.1, 0.15) is 19.8 Å². The van der Waals surface area contributed by atoms with E-state index < -0.39 is 6.09 Å². The minimum atomic E-state index is -0.495. The fourth-order valence-corrected chi connectivity index (χ4v) is 6.70. The number of carbonyl (C=O) groups excluding carboxylic acids is 3. The predicted octanol–water partition coefficient (Wildman–Crippen LogP) is 6.26. The van der Waals surface area contributed by atoms with Crippen molar-refractivity contribution < 1.29 is 19.1 Å². The van der Waals surface area contributed by atoms with E-state index in [1.165, 1.54) is 7.11 Å². The highest BCUT2D eigenvalue weighted by Crippen LogP contribution is 2.31. The summed E-state index contributed by atoms with van der Waals surface area (Å²) in [6.45, 7) is 1.97. The standard InChI is InChI=1S/C34H31N5O4P2/c1-20(40)44-32-36-19-30(39-32)22-7-5-21(6-8-22)23-9-10-25-17-26(12-11-24(25)16-23)27-13-14-28-29(18-27)38-33(37-28)45-31(41)4-3-15-35-34(42)43-2/h5-14,16-19,44-45H,3-4,15H2,1-2H3,(H,35,42)(H,36,39)(H,37,38). The molecule has 4 aromatic carbocycles. The predicted molar refractivity (Wildman–Crippen MR) is 183 cm³/mol. The first-order valence-electron chi connectivity index (χ1n) is 14.4. The normalized spacial score (nSPS) is 11.7. The summed E-state index contributed by atoms with van der Waals surface area (Å²) in [5.74, 6) is 0. The summed E-state index contributed by atoms with van der Waals surface area (Å²) in [5.41, 5.74) is 9.60. The van der Waals surface area contributed by atoms with Crippen molar-refractivity contribution in [2.24, 2.45) is 0 Å². The Morgan fingerprint density at radius 1 is 0.778 bits per heavy atom. The molecule has 2 atom stereocenters. The number of benzene rings is 4. The lowest BCUT2D eigenvalue weighted by Crippen LogP contribution is -2.24. The van der Waals surface area contributed by atoms with Gasteiger partial charge < -0.3 is 20.0 Å². The third-order valence-corrected chi connectivity index (χ3v) is 9.19. The van der Waals surface area contributed by atoms with E-state index in [9.17, 15) is 14.4 Å². The summed E-state index contributed by atoms with van der Waals surface area (Å²) in [6.07, 6.45) is 2.20. The number of methoxy groups -OCH3 is 1. The second kappa shape index (κ2) is 13.5. The Balaban J connectivity index is 1.13. The van der Waals surface area contributed by atoms with Gasteiger partial charge in [0.1, 0.15) is 11.1 Å². The van der Waals surface area contributed by atoms with Gasteiger partial charge in [0.05, 0.1) is 30.0 Å². The molecule has 45 heavy (non-hydrogen) atoms. The van der Waals surface area contributed by atoms with Crippen LogP contribution in [0.4, 0.5) is 4.79 Å². The number of ether oxygens (including phenoxy) is 1. The van der Waals surface area contributed by atoms with Gasteiger partial charge in [0.15, 0.2) is 11.0 Å². The number of nitrogens with zero attached hydrogens (tertiary/aromatic N) is 2. The quantitative estimate of drug-likeness (QED) is 0.114. The van der Waals surface area contributed by atoms with Crippen LogP contribution in [0.5, 0.6) is 0 Å². The first-order chi connectivity index (χ1) is 21.8. The van der Waals surface area contributed by atoms with Crippen molar-refractivity contribution in [2.45, 2.75) is 19.8 Å². The van der Waals surface area contributed by atoms with E-state index in [0.717, 1.165) is 55.3 Å². The molecule has 0 bridgehead atoms. The Bertz CT molecular complexity index is 2030. The number of fused-ring (bicyclic) bond motifs is 2. The number of alkyl carbamates (subject to hydrolysis) is 1. The maximum absolute atomic E-state index is 12.4. The Hall–Kier alpha value is -4.71. The van der Waals surface area contributed by atoms with Crippen molar-refractivity contribution in [1.29, 1.82) is 0 Å². The van der Waals surface area contributed by atoms with E-state index in [0.29, 0.717) is 30.5 Å². The molecule has 9 nitrogen and oxygen atoms in total. The van der Waals surface area contributed by atoms with Crippen molar-refractivity contribution in [3.8, 4) is 33.5 Å². The van der Waals surface area contributed by atoms with Gasteiger partial charge in [-0.15, -0.1) is 0 Å². The van der Waals surface area contributed by atoms with Crippen LogP contribution in [0, 0.1) is 0 Å². The van der Waals surface area contributed by atoms with Crippen LogP contribution in [0.3, 0.4) is 0 Å². The monoisotopic (exact) mass is 635 g/mol. The molecule has 1 amide bonds. The van der Waals surface area contributed by atoms with E-state index in [-0.39, 0.29) is 28.2 Å². The third kappa shape index (κ3) is 7.34. The maximum atomic E-state index is 12.4. The lowest BCUT2D eigenvalue weighted by atomic mass is 9.97.